The Morgan fingerprint density at radius 1 is 1.00 bits per heavy atom. The molecule has 24 heavy (non-hydrogen) atoms. The van der Waals surface area contributed by atoms with Crippen LogP contribution in [0.15, 0.2) is 42.5 Å². The van der Waals surface area contributed by atoms with Crippen molar-refractivity contribution in [2.75, 3.05) is 13.1 Å². The van der Waals surface area contributed by atoms with E-state index in [1.807, 2.05) is 49.4 Å². The van der Waals surface area contributed by atoms with Crippen molar-refractivity contribution in [2.45, 2.75) is 32.0 Å². The lowest BCUT2D eigenvalue weighted by Gasteiger charge is -2.26. The molecular formula is C19H21Cl2NO2. The average Bonchev–Trinajstić information content (AvgIpc) is 2.58. The van der Waals surface area contributed by atoms with Crippen LogP contribution in [0, 0.1) is 0 Å². The van der Waals surface area contributed by atoms with E-state index in [4.69, 9.17) is 32.7 Å². The van der Waals surface area contributed by atoms with Gasteiger partial charge in [-0.1, -0.05) is 35.3 Å². The molecule has 1 fully saturated rings. The molecular weight excluding hydrogens is 345 g/mol. The summed E-state index contributed by atoms with van der Waals surface area (Å²) in [6.45, 7) is 3.94. The lowest BCUT2D eigenvalue weighted by atomic mass is 10.1. The molecule has 1 heterocycles. The van der Waals surface area contributed by atoms with Crippen LogP contribution >= 0.6 is 23.2 Å². The van der Waals surface area contributed by atoms with E-state index < -0.39 is 0 Å². The molecule has 1 unspecified atom stereocenters. The smallest absolute Gasteiger partial charge is 0.163 e. The molecule has 1 aliphatic rings. The van der Waals surface area contributed by atoms with Crippen molar-refractivity contribution < 1.29 is 9.47 Å². The van der Waals surface area contributed by atoms with Gasteiger partial charge in [0, 0.05) is 16.1 Å². The highest BCUT2D eigenvalue weighted by molar-refractivity contribution is 6.31. The maximum atomic E-state index is 6.15. The number of nitrogens with one attached hydrogen (secondary N) is 1. The molecule has 0 amide bonds. The molecule has 0 bridgehead atoms. The molecule has 0 radical (unpaired) electrons. The second-order valence-electron chi connectivity index (χ2n) is 5.97. The van der Waals surface area contributed by atoms with E-state index >= 15 is 0 Å². The van der Waals surface area contributed by atoms with Crippen molar-refractivity contribution in [3.8, 4) is 11.5 Å². The molecule has 1 aliphatic heterocycles. The Balaban J connectivity index is 1.76. The zero-order chi connectivity index (χ0) is 16.9. The van der Waals surface area contributed by atoms with Crippen molar-refractivity contribution in [3.63, 3.8) is 0 Å². The minimum absolute atomic E-state index is 0.139. The summed E-state index contributed by atoms with van der Waals surface area (Å²) in [6.07, 6.45) is 2.01. The number of hydrogen-bond acceptors (Lipinski definition) is 3. The number of ether oxygens (including phenoxy) is 2. The predicted octanol–water partition coefficient (Wildman–Crippen LogP) is 5.26. The third-order valence-corrected chi connectivity index (χ3v) is 4.58. The van der Waals surface area contributed by atoms with E-state index in [-0.39, 0.29) is 12.2 Å². The van der Waals surface area contributed by atoms with Gasteiger partial charge in [0.05, 0.1) is 0 Å². The van der Waals surface area contributed by atoms with Crippen LogP contribution in [-0.4, -0.2) is 19.2 Å². The zero-order valence-electron chi connectivity index (χ0n) is 13.6. The van der Waals surface area contributed by atoms with Crippen LogP contribution in [0.3, 0.4) is 0 Å². The Bertz CT molecular complexity index is 687. The minimum Gasteiger partial charge on any atom is -0.486 e. The standard InChI is InChI=1S/C19H21Cl2NO2/c1-13(14-3-2-4-15(20)11-14)23-18-6-5-16(21)12-19(18)24-17-7-9-22-10-8-17/h2-6,11-13,17,22H,7-10H2,1H3. The van der Waals surface area contributed by atoms with Crippen molar-refractivity contribution in [1.82, 2.24) is 5.32 Å². The van der Waals surface area contributed by atoms with Gasteiger partial charge in [0.15, 0.2) is 11.5 Å². The molecule has 0 aromatic heterocycles. The van der Waals surface area contributed by atoms with Gasteiger partial charge in [0.1, 0.15) is 12.2 Å². The van der Waals surface area contributed by atoms with Crippen LogP contribution in [0.25, 0.3) is 0 Å². The quantitative estimate of drug-likeness (QED) is 0.783. The van der Waals surface area contributed by atoms with Crippen LogP contribution in [0.2, 0.25) is 10.0 Å². The van der Waals surface area contributed by atoms with Crippen LogP contribution in [0.4, 0.5) is 0 Å². The Hall–Kier alpha value is -1.42. The molecule has 0 saturated carbocycles. The Morgan fingerprint density at radius 3 is 2.50 bits per heavy atom. The summed E-state index contributed by atoms with van der Waals surface area (Å²) in [5.74, 6) is 1.40. The van der Waals surface area contributed by atoms with Crippen molar-refractivity contribution in [2.24, 2.45) is 0 Å². The van der Waals surface area contributed by atoms with Gasteiger partial charge in [-0.15, -0.1) is 0 Å². The molecule has 5 heteroatoms. The molecule has 2 aromatic carbocycles. The van der Waals surface area contributed by atoms with Crippen LogP contribution in [-0.2, 0) is 0 Å². The molecule has 0 aliphatic carbocycles. The number of benzene rings is 2. The fourth-order valence-corrected chi connectivity index (χ4v) is 3.14. The van der Waals surface area contributed by atoms with Gasteiger partial charge >= 0.3 is 0 Å². The fourth-order valence-electron chi connectivity index (χ4n) is 2.78. The van der Waals surface area contributed by atoms with E-state index in [2.05, 4.69) is 5.32 Å². The Labute approximate surface area is 152 Å². The molecule has 128 valence electrons. The monoisotopic (exact) mass is 365 g/mol. The lowest BCUT2D eigenvalue weighted by Crippen LogP contribution is -2.34. The summed E-state index contributed by atoms with van der Waals surface area (Å²) in [5, 5.41) is 4.68. The highest BCUT2D eigenvalue weighted by atomic mass is 35.5. The molecule has 1 atom stereocenters. The minimum atomic E-state index is -0.139. The maximum Gasteiger partial charge on any atom is 0.163 e. The predicted molar refractivity (Wildman–Crippen MR) is 98.5 cm³/mol. The first-order valence-electron chi connectivity index (χ1n) is 8.21. The van der Waals surface area contributed by atoms with E-state index in [1.165, 1.54) is 0 Å². The fraction of sp³-hybridized carbons (Fsp3) is 0.368. The first kappa shape index (κ1) is 17.4. The number of hydrogen-bond donors (Lipinski definition) is 1. The summed E-state index contributed by atoms with van der Waals surface area (Å²) >= 11 is 12.2. The molecule has 2 aromatic rings. The van der Waals surface area contributed by atoms with Crippen LogP contribution in [0.5, 0.6) is 11.5 Å². The highest BCUT2D eigenvalue weighted by Crippen LogP contribution is 2.35. The van der Waals surface area contributed by atoms with E-state index in [0.29, 0.717) is 21.5 Å². The number of piperidine rings is 1. The van der Waals surface area contributed by atoms with Gasteiger partial charge in [-0.3, -0.25) is 0 Å². The first-order valence-corrected chi connectivity index (χ1v) is 8.96. The third kappa shape index (κ3) is 4.56. The lowest BCUT2D eigenvalue weighted by molar-refractivity contribution is 0.146. The van der Waals surface area contributed by atoms with Crippen molar-refractivity contribution in [1.29, 1.82) is 0 Å². The van der Waals surface area contributed by atoms with Crippen LogP contribution in [0.1, 0.15) is 31.4 Å². The normalized spacial score (nSPS) is 16.6. The molecule has 0 spiro atoms. The zero-order valence-corrected chi connectivity index (χ0v) is 15.1. The molecule has 1 saturated heterocycles. The number of rotatable bonds is 5. The van der Waals surface area contributed by atoms with E-state index in [0.717, 1.165) is 31.5 Å². The van der Waals surface area contributed by atoms with Crippen LogP contribution < -0.4 is 14.8 Å². The maximum absolute atomic E-state index is 6.15. The average molecular weight is 366 g/mol. The van der Waals surface area contributed by atoms with Crippen molar-refractivity contribution in [3.05, 3.63) is 58.1 Å². The van der Waals surface area contributed by atoms with Gasteiger partial charge in [-0.05, 0) is 62.7 Å². The summed E-state index contributed by atoms with van der Waals surface area (Å²) in [4.78, 5) is 0. The Morgan fingerprint density at radius 2 is 1.75 bits per heavy atom. The number of halogens is 2. The SMILES string of the molecule is CC(Oc1ccc(Cl)cc1OC1CCNCC1)c1cccc(Cl)c1. The molecule has 1 N–H and O–H groups in total. The topological polar surface area (TPSA) is 30.5 Å². The highest BCUT2D eigenvalue weighted by Gasteiger charge is 2.18. The second-order valence-corrected chi connectivity index (χ2v) is 6.85. The second kappa shape index (κ2) is 8.11. The summed E-state index contributed by atoms with van der Waals surface area (Å²) in [7, 11) is 0. The molecule has 3 rings (SSSR count). The van der Waals surface area contributed by atoms with Gasteiger partial charge in [-0.2, -0.15) is 0 Å². The van der Waals surface area contributed by atoms with Gasteiger partial charge < -0.3 is 14.8 Å². The summed E-state index contributed by atoms with van der Waals surface area (Å²) in [6, 6.07) is 13.2. The largest absolute Gasteiger partial charge is 0.486 e. The third-order valence-electron chi connectivity index (χ3n) is 4.11. The van der Waals surface area contributed by atoms with E-state index in [1.54, 1.807) is 0 Å². The van der Waals surface area contributed by atoms with Gasteiger partial charge in [-0.25, -0.2) is 0 Å². The summed E-state index contributed by atoms with van der Waals surface area (Å²) in [5.41, 5.74) is 1.02. The molecule has 3 nitrogen and oxygen atoms in total. The Kier molecular flexibility index (Phi) is 5.88. The first-order chi connectivity index (χ1) is 11.6. The van der Waals surface area contributed by atoms with E-state index in [9.17, 15) is 0 Å². The van der Waals surface area contributed by atoms with Gasteiger partial charge in [0.2, 0.25) is 0 Å². The van der Waals surface area contributed by atoms with Gasteiger partial charge in [0.25, 0.3) is 0 Å². The summed E-state index contributed by atoms with van der Waals surface area (Å²) < 4.78 is 12.3. The van der Waals surface area contributed by atoms with Crippen molar-refractivity contribution >= 4 is 23.2 Å².